The Bertz CT molecular complexity index is 648. The molecule has 2 aromatic carbocycles. The van der Waals surface area contributed by atoms with E-state index in [2.05, 4.69) is 5.32 Å². The Hall–Kier alpha value is -2.29. The van der Waals surface area contributed by atoms with Crippen molar-refractivity contribution in [1.82, 2.24) is 0 Å². The van der Waals surface area contributed by atoms with Crippen LogP contribution in [0.3, 0.4) is 0 Å². The fourth-order valence-corrected chi connectivity index (χ4v) is 3.30. The summed E-state index contributed by atoms with van der Waals surface area (Å²) in [4.78, 5) is 12.3. The number of nitrogens with one attached hydrogen (secondary N) is 1. The Kier molecular flexibility index (Phi) is 5.89. The molecule has 0 bridgehead atoms. The largest absolute Gasteiger partial charge is 0.455 e. The Morgan fingerprint density at radius 3 is 2.46 bits per heavy atom. The summed E-state index contributed by atoms with van der Waals surface area (Å²) in [6, 6.07) is 17.2. The minimum Gasteiger partial charge on any atom is -0.455 e. The summed E-state index contributed by atoms with van der Waals surface area (Å²) in [7, 11) is 0. The van der Waals surface area contributed by atoms with Crippen molar-refractivity contribution >= 4 is 11.6 Å². The van der Waals surface area contributed by atoms with Crippen LogP contribution in [-0.4, -0.2) is 5.91 Å². The topological polar surface area (TPSA) is 38.3 Å². The highest BCUT2D eigenvalue weighted by molar-refractivity contribution is 5.92. The molecule has 126 valence electrons. The molecule has 1 N–H and O–H groups in total. The molecule has 3 rings (SSSR count). The number of para-hydroxylation sites is 3. The molecular weight excluding hydrogens is 298 g/mol. The second-order valence-corrected chi connectivity index (χ2v) is 6.50. The number of benzene rings is 2. The molecule has 24 heavy (non-hydrogen) atoms. The number of anilines is 1. The first-order valence-corrected chi connectivity index (χ1v) is 8.93. The first-order valence-electron chi connectivity index (χ1n) is 8.93. The normalized spacial score (nSPS) is 15.0. The summed E-state index contributed by atoms with van der Waals surface area (Å²) >= 11 is 0. The number of hydrogen-bond donors (Lipinski definition) is 1. The lowest BCUT2D eigenvalue weighted by Crippen LogP contribution is -2.15. The van der Waals surface area contributed by atoms with Gasteiger partial charge in [0.15, 0.2) is 5.75 Å². The van der Waals surface area contributed by atoms with Crippen LogP contribution in [-0.2, 0) is 4.79 Å². The van der Waals surface area contributed by atoms with Gasteiger partial charge in [-0.25, -0.2) is 0 Å². The summed E-state index contributed by atoms with van der Waals surface area (Å²) < 4.78 is 5.89. The lowest BCUT2D eigenvalue weighted by atomic mass is 9.86. The van der Waals surface area contributed by atoms with Gasteiger partial charge in [-0.2, -0.15) is 0 Å². The van der Waals surface area contributed by atoms with Gasteiger partial charge < -0.3 is 10.1 Å². The van der Waals surface area contributed by atoms with Gasteiger partial charge in [-0.05, 0) is 36.6 Å². The molecule has 3 nitrogen and oxygen atoms in total. The van der Waals surface area contributed by atoms with Crippen LogP contribution in [0.2, 0.25) is 0 Å². The molecule has 3 heteroatoms. The predicted molar refractivity (Wildman–Crippen MR) is 97.4 cm³/mol. The molecule has 0 aliphatic heterocycles. The average Bonchev–Trinajstić information content (AvgIpc) is 2.63. The van der Waals surface area contributed by atoms with Crippen LogP contribution in [0.4, 0.5) is 5.69 Å². The van der Waals surface area contributed by atoms with Crippen LogP contribution >= 0.6 is 0 Å². The highest BCUT2D eigenvalue weighted by Crippen LogP contribution is 2.30. The highest BCUT2D eigenvalue weighted by atomic mass is 16.5. The zero-order valence-electron chi connectivity index (χ0n) is 14.0. The quantitative estimate of drug-likeness (QED) is 0.732. The van der Waals surface area contributed by atoms with Crippen LogP contribution in [0.5, 0.6) is 11.5 Å². The van der Waals surface area contributed by atoms with E-state index < -0.39 is 0 Å². The van der Waals surface area contributed by atoms with Crippen LogP contribution in [0.15, 0.2) is 54.6 Å². The molecule has 0 unspecified atom stereocenters. The third-order valence-electron chi connectivity index (χ3n) is 4.64. The van der Waals surface area contributed by atoms with E-state index in [1.54, 1.807) is 0 Å². The van der Waals surface area contributed by atoms with Crippen molar-refractivity contribution < 1.29 is 9.53 Å². The van der Waals surface area contributed by atoms with Crippen LogP contribution < -0.4 is 10.1 Å². The number of carbonyl (C=O) groups is 1. The van der Waals surface area contributed by atoms with Crippen LogP contribution in [0.25, 0.3) is 0 Å². The van der Waals surface area contributed by atoms with Crippen molar-refractivity contribution in [2.24, 2.45) is 5.92 Å². The summed E-state index contributed by atoms with van der Waals surface area (Å²) in [5.74, 6) is 2.24. The number of carbonyl (C=O) groups excluding carboxylic acids is 1. The van der Waals surface area contributed by atoms with Gasteiger partial charge in [0.05, 0.1) is 5.69 Å². The molecule has 0 heterocycles. The van der Waals surface area contributed by atoms with E-state index in [1.165, 1.54) is 32.1 Å². The third-order valence-corrected chi connectivity index (χ3v) is 4.64. The van der Waals surface area contributed by atoms with Crippen molar-refractivity contribution in [3.05, 3.63) is 54.6 Å². The van der Waals surface area contributed by atoms with Crippen molar-refractivity contribution in [2.45, 2.75) is 44.9 Å². The summed E-state index contributed by atoms with van der Waals surface area (Å²) in [6.07, 6.45) is 8.13. The van der Waals surface area contributed by atoms with Crippen molar-refractivity contribution in [2.75, 3.05) is 5.32 Å². The van der Waals surface area contributed by atoms with Gasteiger partial charge in [0, 0.05) is 6.42 Å². The number of rotatable bonds is 6. The molecule has 0 radical (unpaired) electrons. The smallest absolute Gasteiger partial charge is 0.224 e. The highest BCUT2D eigenvalue weighted by Gasteiger charge is 2.15. The Morgan fingerprint density at radius 1 is 0.958 bits per heavy atom. The Morgan fingerprint density at radius 2 is 1.67 bits per heavy atom. The molecule has 1 aliphatic rings. The predicted octanol–water partition coefficient (Wildman–Crippen LogP) is 5.78. The van der Waals surface area contributed by atoms with E-state index >= 15 is 0 Å². The maximum Gasteiger partial charge on any atom is 0.224 e. The standard InChI is InChI=1S/C21H25NO2/c23-21(16-15-17-9-3-1-4-10-17)22-19-13-7-8-14-20(19)24-18-11-5-2-6-12-18/h2,5-8,11-14,17H,1,3-4,9-10,15-16H2,(H,22,23). The molecule has 0 saturated heterocycles. The van der Waals surface area contributed by atoms with Gasteiger partial charge in [-0.3, -0.25) is 4.79 Å². The fraction of sp³-hybridized carbons (Fsp3) is 0.381. The van der Waals surface area contributed by atoms with Gasteiger partial charge in [-0.1, -0.05) is 62.4 Å². The number of amides is 1. The lowest BCUT2D eigenvalue weighted by Gasteiger charge is -2.21. The van der Waals surface area contributed by atoms with E-state index in [0.29, 0.717) is 12.2 Å². The van der Waals surface area contributed by atoms with Crippen molar-refractivity contribution in [3.8, 4) is 11.5 Å². The van der Waals surface area contributed by atoms with Gasteiger partial charge in [0.25, 0.3) is 0 Å². The molecule has 1 fully saturated rings. The number of hydrogen-bond acceptors (Lipinski definition) is 2. The van der Waals surface area contributed by atoms with E-state index in [9.17, 15) is 4.79 Å². The first kappa shape index (κ1) is 16.6. The summed E-state index contributed by atoms with van der Waals surface area (Å²) in [6.45, 7) is 0. The van der Waals surface area contributed by atoms with Gasteiger partial charge >= 0.3 is 0 Å². The van der Waals surface area contributed by atoms with Crippen LogP contribution in [0.1, 0.15) is 44.9 Å². The molecule has 0 spiro atoms. The Balaban J connectivity index is 1.57. The molecule has 1 saturated carbocycles. The third kappa shape index (κ3) is 4.85. The molecular formula is C21H25NO2. The Labute approximate surface area is 144 Å². The van der Waals surface area contributed by atoms with Gasteiger partial charge in [0.2, 0.25) is 5.91 Å². The molecule has 0 atom stereocenters. The second-order valence-electron chi connectivity index (χ2n) is 6.50. The average molecular weight is 323 g/mol. The lowest BCUT2D eigenvalue weighted by molar-refractivity contribution is -0.116. The van der Waals surface area contributed by atoms with E-state index in [0.717, 1.165) is 23.8 Å². The minimum atomic E-state index is 0.0738. The molecule has 1 aliphatic carbocycles. The van der Waals surface area contributed by atoms with E-state index in [1.807, 2.05) is 54.6 Å². The maximum absolute atomic E-state index is 12.3. The summed E-state index contributed by atoms with van der Waals surface area (Å²) in [5.41, 5.74) is 0.731. The summed E-state index contributed by atoms with van der Waals surface area (Å²) in [5, 5.41) is 3.01. The van der Waals surface area contributed by atoms with E-state index in [-0.39, 0.29) is 5.91 Å². The molecule has 0 aromatic heterocycles. The maximum atomic E-state index is 12.3. The van der Waals surface area contributed by atoms with Gasteiger partial charge in [0.1, 0.15) is 5.75 Å². The zero-order valence-corrected chi connectivity index (χ0v) is 14.0. The zero-order chi connectivity index (χ0) is 16.6. The van der Waals surface area contributed by atoms with Crippen LogP contribution in [0, 0.1) is 5.92 Å². The molecule has 1 amide bonds. The SMILES string of the molecule is O=C(CCC1CCCCC1)Nc1ccccc1Oc1ccccc1. The fourth-order valence-electron chi connectivity index (χ4n) is 3.30. The van der Waals surface area contributed by atoms with E-state index in [4.69, 9.17) is 4.74 Å². The van der Waals surface area contributed by atoms with Crippen molar-refractivity contribution in [1.29, 1.82) is 0 Å². The van der Waals surface area contributed by atoms with Crippen molar-refractivity contribution in [3.63, 3.8) is 0 Å². The monoisotopic (exact) mass is 323 g/mol. The first-order chi connectivity index (χ1) is 11.8. The molecule has 2 aromatic rings. The minimum absolute atomic E-state index is 0.0738. The van der Waals surface area contributed by atoms with Gasteiger partial charge in [-0.15, -0.1) is 0 Å². The number of ether oxygens (including phenoxy) is 1. The second kappa shape index (κ2) is 8.53.